The van der Waals surface area contributed by atoms with Crippen molar-refractivity contribution >= 4 is 34.3 Å². The summed E-state index contributed by atoms with van der Waals surface area (Å²) in [7, 11) is 0. The lowest BCUT2D eigenvalue weighted by molar-refractivity contribution is -0.129. The molecule has 5 rings (SSSR count). The normalized spacial score (nSPS) is 25.9. The lowest BCUT2D eigenvalue weighted by Crippen LogP contribution is -2.44. The number of ketones is 1. The predicted octanol–water partition coefficient (Wildman–Crippen LogP) is 8.79. The van der Waals surface area contributed by atoms with Gasteiger partial charge in [-0.05, 0) is 98.8 Å². The van der Waals surface area contributed by atoms with Crippen molar-refractivity contribution in [1.29, 1.82) is 0 Å². The molecule has 0 saturated heterocycles. The third-order valence-corrected chi connectivity index (χ3v) is 11.1. The van der Waals surface area contributed by atoms with Crippen LogP contribution in [0.25, 0.3) is 0 Å². The molecule has 8 heteroatoms. The maximum absolute atomic E-state index is 13.4. The van der Waals surface area contributed by atoms with Crippen molar-refractivity contribution in [2.45, 2.75) is 117 Å². The van der Waals surface area contributed by atoms with Gasteiger partial charge in [-0.3, -0.25) is 9.59 Å². The maximum Gasteiger partial charge on any atom is 0.513 e. The summed E-state index contributed by atoms with van der Waals surface area (Å²) < 4.78 is 10.9. The number of aryl methyl sites for hydroxylation is 2. The first-order valence-electron chi connectivity index (χ1n) is 16.5. The number of Topliss-reactive ketones (excluding diaryl/α,β-unsaturated/α-hetero) is 1. The number of amides is 1. The van der Waals surface area contributed by atoms with Crippen LogP contribution in [0.4, 0.5) is 9.93 Å². The van der Waals surface area contributed by atoms with Crippen LogP contribution in [0, 0.1) is 30.1 Å². The summed E-state index contributed by atoms with van der Waals surface area (Å²) >= 11 is 1.49. The van der Waals surface area contributed by atoms with E-state index < -0.39 is 6.16 Å². The molecule has 1 heterocycles. The summed E-state index contributed by atoms with van der Waals surface area (Å²) in [4.78, 5) is 43.5. The van der Waals surface area contributed by atoms with Crippen molar-refractivity contribution in [2.24, 2.45) is 23.2 Å². The molecule has 43 heavy (non-hydrogen) atoms. The van der Waals surface area contributed by atoms with E-state index in [4.69, 9.17) is 9.47 Å². The molecule has 3 aliphatic carbocycles. The van der Waals surface area contributed by atoms with Gasteiger partial charge in [-0.2, -0.15) is 0 Å². The molecular formula is C35H48N2O5S. The van der Waals surface area contributed by atoms with Gasteiger partial charge >= 0.3 is 6.16 Å². The van der Waals surface area contributed by atoms with E-state index in [1.807, 2.05) is 19.1 Å². The first-order valence-corrected chi connectivity index (χ1v) is 17.3. The number of nitrogens with zero attached hydrogens (tertiary/aromatic N) is 1. The Hall–Kier alpha value is -2.74. The number of ether oxygens (including phenoxy) is 2. The largest absolute Gasteiger partial charge is 0.513 e. The van der Waals surface area contributed by atoms with Gasteiger partial charge in [0.25, 0.3) is 0 Å². The molecule has 3 unspecified atom stereocenters. The fourth-order valence-corrected chi connectivity index (χ4v) is 8.91. The fraction of sp³-hybridized carbons (Fsp3) is 0.657. The average molecular weight is 609 g/mol. The predicted molar refractivity (Wildman–Crippen MR) is 170 cm³/mol. The minimum atomic E-state index is -0.626. The van der Waals surface area contributed by atoms with Crippen LogP contribution in [0.15, 0.2) is 24.4 Å². The maximum atomic E-state index is 13.4. The number of aromatic nitrogens is 1. The van der Waals surface area contributed by atoms with Crippen molar-refractivity contribution in [2.75, 3.05) is 11.9 Å². The van der Waals surface area contributed by atoms with Crippen molar-refractivity contribution in [3.63, 3.8) is 0 Å². The molecule has 234 valence electrons. The summed E-state index contributed by atoms with van der Waals surface area (Å²) in [6, 6.07) is 6.06. The second-order valence-electron chi connectivity index (χ2n) is 13.2. The summed E-state index contributed by atoms with van der Waals surface area (Å²) in [6.45, 7) is 6.78. The van der Waals surface area contributed by atoms with E-state index in [2.05, 4.69) is 30.2 Å². The minimum absolute atomic E-state index is 0.00105. The molecular weight excluding hydrogens is 560 g/mol. The molecule has 0 radical (unpaired) electrons. The summed E-state index contributed by atoms with van der Waals surface area (Å²) in [5.41, 5.74) is 2.34. The Kier molecular flexibility index (Phi) is 10.6. The van der Waals surface area contributed by atoms with Crippen molar-refractivity contribution < 1.29 is 23.9 Å². The van der Waals surface area contributed by atoms with E-state index in [1.165, 1.54) is 48.1 Å². The number of hydrogen-bond donors (Lipinski definition) is 1. The number of fused-ring (bicyclic) bond motifs is 5. The van der Waals surface area contributed by atoms with Gasteiger partial charge in [0.15, 0.2) is 5.13 Å². The molecule has 5 atom stereocenters. The molecule has 1 N–H and O–H groups in total. The van der Waals surface area contributed by atoms with Crippen LogP contribution in [-0.4, -0.2) is 29.4 Å². The van der Waals surface area contributed by atoms with Crippen LogP contribution >= 0.6 is 11.3 Å². The Morgan fingerprint density at radius 1 is 1.12 bits per heavy atom. The molecule has 1 aromatic heterocycles. The van der Waals surface area contributed by atoms with E-state index in [-0.39, 0.29) is 11.3 Å². The lowest BCUT2D eigenvalue weighted by atomic mass is 9.54. The first kappa shape index (κ1) is 31.7. The van der Waals surface area contributed by atoms with Gasteiger partial charge in [-0.1, -0.05) is 52.0 Å². The van der Waals surface area contributed by atoms with E-state index in [0.717, 1.165) is 56.2 Å². The Morgan fingerprint density at radius 3 is 2.72 bits per heavy atom. The van der Waals surface area contributed by atoms with E-state index in [9.17, 15) is 14.4 Å². The highest BCUT2D eigenvalue weighted by molar-refractivity contribution is 7.15. The van der Waals surface area contributed by atoms with Crippen LogP contribution in [0.1, 0.15) is 119 Å². The number of rotatable bonds is 13. The van der Waals surface area contributed by atoms with Crippen LogP contribution in [0.3, 0.4) is 0 Å². The third-order valence-electron chi connectivity index (χ3n) is 10.3. The van der Waals surface area contributed by atoms with Crippen molar-refractivity contribution in [3.05, 3.63) is 40.4 Å². The van der Waals surface area contributed by atoms with Gasteiger partial charge in [-0.15, -0.1) is 11.3 Å². The molecule has 2 aromatic rings. The van der Waals surface area contributed by atoms with Crippen LogP contribution in [-0.2, 0) is 20.7 Å². The Balaban J connectivity index is 1.15. The van der Waals surface area contributed by atoms with E-state index in [1.54, 1.807) is 6.20 Å². The number of carbonyl (C=O) groups excluding carboxylic acids is 3. The smallest absolute Gasteiger partial charge is 0.434 e. The van der Waals surface area contributed by atoms with Crippen molar-refractivity contribution in [3.8, 4) is 5.75 Å². The van der Waals surface area contributed by atoms with E-state index in [0.29, 0.717) is 59.8 Å². The average Bonchev–Trinajstić information content (AvgIpc) is 3.50. The molecule has 2 saturated carbocycles. The molecule has 7 nitrogen and oxygen atoms in total. The number of thiazole rings is 1. The Morgan fingerprint density at radius 2 is 1.93 bits per heavy atom. The Bertz CT molecular complexity index is 1290. The zero-order valence-electron chi connectivity index (χ0n) is 26.1. The van der Waals surface area contributed by atoms with Gasteiger partial charge in [0.2, 0.25) is 5.91 Å². The van der Waals surface area contributed by atoms with E-state index >= 15 is 0 Å². The number of unbranched alkanes of at least 4 members (excludes halogenated alkanes) is 5. The standard InChI is InChI=1S/C35H48N2O5S/c1-4-5-6-7-8-9-19-41-34(40)42-26-14-16-27-24(20-26)13-15-29-28(27)17-18-35(3)30(38)21-25(32(29)35)11-10-12-31(39)37-33-36-22-23(2)43-33/h14,16,20,22,25,28-29,32H,4-13,15,17-19,21H2,1-3H3,(H,36,37,39)/t25-,28?,29?,32?,35-/m1/s1. The van der Waals surface area contributed by atoms with Crippen LogP contribution in [0.2, 0.25) is 0 Å². The highest BCUT2D eigenvalue weighted by Gasteiger charge is 2.58. The number of nitrogens with one attached hydrogen (secondary N) is 1. The van der Waals surface area contributed by atoms with Gasteiger partial charge in [0.05, 0.1) is 6.61 Å². The number of anilines is 1. The highest BCUT2D eigenvalue weighted by atomic mass is 32.1. The molecule has 1 aromatic carbocycles. The molecule has 3 aliphatic rings. The van der Waals surface area contributed by atoms with Gasteiger partial charge in [0.1, 0.15) is 11.5 Å². The van der Waals surface area contributed by atoms with Crippen LogP contribution in [0.5, 0.6) is 5.75 Å². The zero-order chi connectivity index (χ0) is 30.4. The number of benzene rings is 1. The van der Waals surface area contributed by atoms with Gasteiger partial charge in [-0.25, -0.2) is 9.78 Å². The fourth-order valence-electron chi connectivity index (χ4n) is 8.23. The van der Waals surface area contributed by atoms with Gasteiger partial charge < -0.3 is 14.8 Å². The molecule has 2 fully saturated rings. The summed E-state index contributed by atoms with van der Waals surface area (Å²) in [5.74, 6) is 2.52. The number of hydrogen-bond acceptors (Lipinski definition) is 7. The Labute approximate surface area is 260 Å². The highest BCUT2D eigenvalue weighted by Crippen LogP contribution is 2.62. The summed E-state index contributed by atoms with van der Waals surface area (Å²) in [6.07, 6.45) is 14.7. The second kappa shape index (κ2) is 14.4. The van der Waals surface area contributed by atoms with Crippen LogP contribution < -0.4 is 10.1 Å². The third kappa shape index (κ3) is 7.50. The number of carbonyl (C=O) groups is 3. The topological polar surface area (TPSA) is 94.6 Å². The molecule has 0 aliphatic heterocycles. The monoisotopic (exact) mass is 608 g/mol. The zero-order valence-corrected chi connectivity index (χ0v) is 26.9. The second-order valence-corrected chi connectivity index (χ2v) is 14.5. The van der Waals surface area contributed by atoms with Gasteiger partial charge in [0, 0.05) is 29.3 Å². The SMILES string of the molecule is CCCCCCCCOC(=O)Oc1ccc2c(c1)CCC1C2CC[C@]2(C)C(=O)C[C@@H](CCCC(=O)Nc3ncc(C)s3)C12. The summed E-state index contributed by atoms with van der Waals surface area (Å²) in [5, 5.41) is 3.57. The molecule has 0 bridgehead atoms. The first-order chi connectivity index (χ1) is 20.8. The lowest BCUT2D eigenvalue weighted by Gasteiger charge is -2.50. The van der Waals surface area contributed by atoms with Crippen molar-refractivity contribution in [1.82, 2.24) is 4.98 Å². The minimum Gasteiger partial charge on any atom is -0.434 e. The molecule has 1 amide bonds. The molecule has 0 spiro atoms. The quantitative estimate of drug-likeness (QED) is 0.139.